The van der Waals surface area contributed by atoms with Gasteiger partial charge in [0.05, 0.1) is 17.7 Å². The first kappa shape index (κ1) is 38.8. The molecule has 3 N–H and O–H groups in total. The molecule has 2 heterocycles. The van der Waals surface area contributed by atoms with Gasteiger partial charge in [0.15, 0.2) is 0 Å². The van der Waals surface area contributed by atoms with Crippen molar-refractivity contribution in [3.63, 3.8) is 0 Å². The summed E-state index contributed by atoms with van der Waals surface area (Å²) in [5.74, 6) is -3.28. The van der Waals surface area contributed by atoms with Gasteiger partial charge < -0.3 is 25.0 Å². The van der Waals surface area contributed by atoms with Crippen LogP contribution in [0.4, 0.5) is 4.79 Å². The lowest BCUT2D eigenvalue weighted by Crippen LogP contribution is -2.58. The van der Waals surface area contributed by atoms with Crippen molar-refractivity contribution in [2.75, 3.05) is 6.54 Å². The first-order chi connectivity index (χ1) is 24.9. The molecule has 3 fully saturated rings. The topological polar surface area (TPSA) is 177 Å². The molecule has 0 radical (unpaired) electrons. The van der Waals surface area contributed by atoms with E-state index < -0.39 is 86.2 Å². The Morgan fingerprint density at radius 3 is 2.45 bits per heavy atom. The summed E-state index contributed by atoms with van der Waals surface area (Å²) >= 11 is 0. The summed E-state index contributed by atoms with van der Waals surface area (Å²) in [6.07, 6.45) is 7.48. The molecule has 3 aliphatic carbocycles. The second-order valence-corrected chi connectivity index (χ2v) is 19.1. The number of rotatable bonds is 6. The summed E-state index contributed by atoms with van der Waals surface area (Å²) in [6.45, 7) is 9.26. The van der Waals surface area contributed by atoms with E-state index in [4.69, 9.17) is 9.47 Å². The molecule has 2 saturated carbocycles. The van der Waals surface area contributed by atoms with Crippen LogP contribution in [0.15, 0.2) is 36.4 Å². The van der Waals surface area contributed by atoms with Gasteiger partial charge in [0, 0.05) is 12.3 Å². The Morgan fingerprint density at radius 2 is 1.74 bits per heavy atom. The Hall–Kier alpha value is -3.94. The fraction of sp³-hybridized carbons (Fsp3) is 0.667. The Bertz CT molecular complexity index is 1770. The molecule has 6 rings (SSSR count). The number of fused-ring (bicyclic) bond motifs is 3. The molecule has 2 aliphatic heterocycles. The highest BCUT2D eigenvalue weighted by atomic mass is 32.2. The summed E-state index contributed by atoms with van der Waals surface area (Å²) in [5.41, 5.74) is -0.327. The molecule has 14 heteroatoms. The van der Waals surface area contributed by atoms with Crippen LogP contribution in [0.1, 0.15) is 110 Å². The lowest BCUT2D eigenvalue weighted by atomic mass is 9.68. The Morgan fingerprint density at radius 1 is 1.00 bits per heavy atom. The predicted octanol–water partition coefficient (Wildman–Crippen LogP) is 3.94. The Labute approximate surface area is 312 Å². The Balaban J connectivity index is 1.26. The number of carbonyl (C=O) groups excluding carboxylic acids is 5. The van der Waals surface area contributed by atoms with E-state index in [1.54, 1.807) is 20.8 Å². The molecular formula is C39H54N4O9S. The quantitative estimate of drug-likeness (QED) is 0.287. The van der Waals surface area contributed by atoms with Crippen LogP contribution in [-0.4, -0.2) is 84.2 Å². The third-order valence-electron chi connectivity index (χ3n) is 11.1. The average molecular weight is 755 g/mol. The van der Waals surface area contributed by atoms with E-state index >= 15 is 0 Å². The van der Waals surface area contributed by atoms with E-state index in [0.29, 0.717) is 44.9 Å². The van der Waals surface area contributed by atoms with Gasteiger partial charge in [-0.3, -0.25) is 23.9 Å². The molecule has 1 aromatic rings. The zero-order valence-corrected chi connectivity index (χ0v) is 32.3. The van der Waals surface area contributed by atoms with Crippen molar-refractivity contribution in [3.05, 3.63) is 47.5 Å². The zero-order chi connectivity index (χ0) is 38.3. The molecule has 0 spiro atoms. The molecule has 0 bridgehead atoms. The largest absolute Gasteiger partial charge is 0.460 e. The number of nitrogens with zero attached hydrogens (tertiary/aromatic N) is 1. The van der Waals surface area contributed by atoms with Gasteiger partial charge in [-0.15, -0.1) is 0 Å². The summed E-state index contributed by atoms with van der Waals surface area (Å²) in [4.78, 5) is 70.4. The summed E-state index contributed by atoms with van der Waals surface area (Å²) in [6, 6.07) is 5.86. The number of esters is 1. The molecule has 1 unspecified atom stereocenters. The van der Waals surface area contributed by atoms with Crippen molar-refractivity contribution in [2.24, 2.45) is 11.8 Å². The number of allylic oxidation sites excluding steroid dienone is 1. The second kappa shape index (κ2) is 14.7. The van der Waals surface area contributed by atoms with Crippen molar-refractivity contribution in [1.82, 2.24) is 20.3 Å². The highest BCUT2D eigenvalue weighted by molar-refractivity contribution is 7.91. The number of carbonyl (C=O) groups is 5. The van der Waals surface area contributed by atoms with Gasteiger partial charge in [-0.05, 0) is 88.7 Å². The van der Waals surface area contributed by atoms with Gasteiger partial charge in [0.25, 0.3) is 5.91 Å². The predicted molar refractivity (Wildman–Crippen MR) is 196 cm³/mol. The van der Waals surface area contributed by atoms with Crippen LogP contribution in [0.3, 0.4) is 0 Å². The van der Waals surface area contributed by atoms with Crippen LogP contribution in [-0.2, 0) is 50.5 Å². The lowest BCUT2D eigenvalue weighted by molar-refractivity contribution is -0.155. The zero-order valence-electron chi connectivity index (χ0n) is 31.4. The molecule has 1 saturated heterocycles. The number of sulfonamides is 1. The van der Waals surface area contributed by atoms with Crippen LogP contribution in [0, 0.1) is 11.8 Å². The minimum absolute atomic E-state index is 0.0340. The molecule has 290 valence electrons. The monoisotopic (exact) mass is 754 g/mol. The third kappa shape index (κ3) is 8.90. The van der Waals surface area contributed by atoms with E-state index in [-0.39, 0.29) is 24.8 Å². The van der Waals surface area contributed by atoms with Crippen LogP contribution in [0.2, 0.25) is 0 Å². The summed E-state index contributed by atoms with van der Waals surface area (Å²) in [5, 5.41) is 4.93. The number of hydrogen-bond acceptors (Lipinski definition) is 9. The van der Waals surface area contributed by atoms with Gasteiger partial charge in [0.2, 0.25) is 21.8 Å². The van der Waals surface area contributed by atoms with Gasteiger partial charge in [0.1, 0.15) is 29.3 Å². The smallest absolute Gasteiger partial charge is 0.408 e. The first-order valence-corrected chi connectivity index (χ1v) is 20.6. The SMILES string of the molecule is CC(C)(C)OC(=O)N[C@H]1CCCCC/C=C\[C@H]2C[C@@]2(C(=O)NS(=O)(=O)C2CC2)NC(=O)[C@@H]2C[C@@H](OC(=O)C3Cc4ccccc4C(C)(C)C3)CN2C1=O. The van der Waals surface area contributed by atoms with Crippen molar-refractivity contribution in [2.45, 2.75) is 145 Å². The minimum atomic E-state index is -3.90. The van der Waals surface area contributed by atoms with Crippen molar-refractivity contribution >= 4 is 39.8 Å². The molecule has 1 aromatic carbocycles. The minimum Gasteiger partial charge on any atom is -0.460 e. The van der Waals surface area contributed by atoms with Gasteiger partial charge in [-0.2, -0.15) is 0 Å². The van der Waals surface area contributed by atoms with E-state index in [1.807, 2.05) is 30.4 Å². The van der Waals surface area contributed by atoms with Gasteiger partial charge >= 0.3 is 12.1 Å². The van der Waals surface area contributed by atoms with Crippen LogP contribution in [0.25, 0.3) is 0 Å². The summed E-state index contributed by atoms with van der Waals surface area (Å²) in [7, 11) is -3.90. The number of ether oxygens (including phenoxy) is 2. The Kier molecular flexibility index (Phi) is 10.8. The van der Waals surface area contributed by atoms with Gasteiger partial charge in [-0.1, -0.05) is 63.1 Å². The fourth-order valence-corrected chi connectivity index (χ4v) is 9.51. The number of hydrogen-bond donors (Lipinski definition) is 3. The number of nitrogens with one attached hydrogen (secondary N) is 3. The lowest BCUT2D eigenvalue weighted by Gasteiger charge is -2.36. The van der Waals surface area contributed by atoms with Crippen molar-refractivity contribution < 1.29 is 41.9 Å². The molecule has 13 nitrogen and oxygen atoms in total. The van der Waals surface area contributed by atoms with E-state index in [0.717, 1.165) is 18.4 Å². The maximum absolute atomic E-state index is 14.4. The van der Waals surface area contributed by atoms with Crippen LogP contribution < -0.4 is 15.4 Å². The summed E-state index contributed by atoms with van der Waals surface area (Å²) < 4.78 is 39.4. The van der Waals surface area contributed by atoms with Crippen LogP contribution in [0.5, 0.6) is 0 Å². The standard InChI is InChI=1S/C39H54N4O9S/c1-37(2,3)52-36(48)40-30-16-10-8-6-7-9-14-26-22-39(26,35(47)42-53(49,50)28-17-18-28)41-32(44)31-20-27(23-43(31)33(30)45)51-34(46)25-19-24-13-11-12-15-29(24)38(4,5)21-25/h9,11-15,25-28,30-31H,6-8,10,16-23H2,1-5H3,(H,40,48)(H,41,44)(H,42,47)/b14-9-/t25?,26-,27+,30-,31-,39+/m0/s1. The molecular weight excluding hydrogens is 701 g/mol. The van der Waals surface area contributed by atoms with Crippen molar-refractivity contribution in [1.29, 1.82) is 0 Å². The van der Waals surface area contributed by atoms with Crippen molar-refractivity contribution in [3.8, 4) is 0 Å². The van der Waals surface area contributed by atoms with E-state index in [1.165, 1.54) is 10.5 Å². The highest BCUT2D eigenvalue weighted by Crippen LogP contribution is 2.46. The number of alkyl carbamates (subject to hydrolysis) is 1. The molecule has 53 heavy (non-hydrogen) atoms. The maximum atomic E-state index is 14.4. The first-order valence-electron chi connectivity index (χ1n) is 19.0. The third-order valence-corrected chi connectivity index (χ3v) is 12.9. The van der Waals surface area contributed by atoms with Crippen LogP contribution >= 0.6 is 0 Å². The van der Waals surface area contributed by atoms with E-state index in [2.05, 4.69) is 35.3 Å². The fourth-order valence-electron chi connectivity index (χ4n) is 8.15. The molecule has 6 atom stereocenters. The molecule has 4 amide bonds. The molecule has 0 aromatic heterocycles. The number of amides is 4. The normalized spacial score (nSPS) is 30.9. The average Bonchev–Trinajstić information content (AvgIpc) is 3.99. The van der Waals surface area contributed by atoms with Gasteiger partial charge in [-0.25, -0.2) is 13.2 Å². The number of benzene rings is 1. The maximum Gasteiger partial charge on any atom is 0.408 e. The van der Waals surface area contributed by atoms with E-state index in [9.17, 15) is 32.4 Å². The molecule has 5 aliphatic rings. The highest BCUT2D eigenvalue weighted by Gasteiger charge is 2.62. The second-order valence-electron chi connectivity index (χ2n) is 17.2.